The summed E-state index contributed by atoms with van der Waals surface area (Å²) >= 11 is 0. The molecule has 0 fully saturated rings. The number of nitriles is 1. The number of pyridine rings is 1. The summed E-state index contributed by atoms with van der Waals surface area (Å²) < 4.78 is 0. The lowest BCUT2D eigenvalue weighted by atomic mass is 9.89. The lowest BCUT2D eigenvalue weighted by Gasteiger charge is -2.33. The summed E-state index contributed by atoms with van der Waals surface area (Å²) in [4.78, 5) is 18.6. The van der Waals surface area contributed by atoms with E-state index in [1.165, 1.54) is 0 Å². The standard InChI is InChI=1S/C25H19N3O/c1-18-9-11-21(12-10-18)28-16-20(24-8-4-5-13-27-24)14-23(25(28)17-29)22-7-3-2-6-19(22)15-26/h2-14,16-17,25H,1H3. The first kappa shape index (κ1) is 18.4. The van der Waals surface area contributed by atoms with Crippen LogP contribution in [0, 0.1) is 18.3 Å². The fraction of sp³-hybridized carbons (Fsp3) is 0.0800. The van der Waals surface area contributed by atoms with Crippen LogP contribution in [-0.2, 0) is 4.79 Å². The molecule has 0 bridgehead atoms. The van der Waals surface area contributed by atoms with Crippen LogP contribution in [0.15, 0.2) is 85.2 Å². The number of carbonyl (C=O) groups is 1. The largest absolute Gasteiger partial charge is 0.333 e. The van der Waals surface area contributed by atoms with Crippen molar-refractivity contribution in [3.63, 3.8) is 0 Å². The molecule has 140 valence electrons. The number of aromatic nitrogens is 1. The first-order chi connectivity index (χ1) is 14.2. The van der Waals surface area contributed by atoms with E-state index in [4.69, 9.17) is 0 Å². The average Bonchev–Trinajstić information content (AvgIpc) is 2.79. The van der Waals surface area contributed by atoms with E-state index in [1.54, 1.807) is 12.3 Å². The fourth-order valence-electron chi connectivity index (χ4n) is 3.50. The van der Waals surface area contributed by atoms with E-state index < -0.39 is 6.04 Å². The van der Waals surface area contributed by atoms with E-state index in [2.05, 4.69) is 11.1 Å². The summed E-state index contributed by atoms with van der Waals surface area (Å²) in [5.74, 6) is 0. The van der Waals surface area contributed by atoms with E-state index in [1.807, 2.05) is 84.8 Å². The van der Waals surface area contributed by atoms with E-state index in [0.717, 1.165) is 39.9 Å². The summed E-state index contributed by atoms with van der Waals surface area (Å²) in [7, 11) is 0. The highest BCUT2D eigenvalue weighted by Crippen LogP contribution is 2.35. The molecule has 29 heavy (non-hydrogen) atoms. The van der Waals surface area contributed by atoms with Gasteiger partial charge >= 0.3 is 0 Å². The Bertz CT molecular complexity index is 1140. The van der Waals surface area contributed by atoms with Crippen LogP contribution in [0.5, 0.6) is 0 Å². The van der Waals surface area contributed by atoms with Crippen LogP contribution in [0.3, 0.4) is 0 Å². The van der Waals surface area contributed by atoms with Gasteiger partial charge in [-0.3, -0.25) is 4.98 Å². The second-order valence-corrected chi connectivity index (χ2v) is 6.88. The van der Waals surface area contributed by atoms with E-state index >= 15 is 0 Å². The van der Waals surface area contributed by atoms with Crippen molar-refractivity contribution in [2.75, 3.05) is 4.90 Å². The third-order valence-electron chi connectivity index (χ3n) is 4.99. The molecule has 0 saturated heterocycles. The number of aryl methyl sites for hydroxylation is 1. The van der Waals surface area contributed by atoms with Gasteiger partial charge in [0.1, 0.15) is 12.3 Å². The SMILES string of the molecule is Cc1ccc(N2C=C(c3ccccn3)C=C(c3ccccc3C#N)C2C=O)cc1. The van der Waals surface area contributed by atoms with Crippen LogP contribution in [-0.4, -0.2) is 17.3 Å². The Morgan fingerprint density at radius 2 is 1.79 bits per heavy atom. The molecule has 1 unspecified atom stereocenters. The van der Waals surface area contributed by atoms with Crippen molar-refractivity contribution in [2.24, 2.45) is 0 Å². The van der Waals surface area contributed by atoms with Crippen LogP contribution in [0.25, 0.3) is 11.1 Å². The van der Waals surface area contributed by atoms with Crippen molar-refractivity contribution in [1.29, 1.82) is 5.26 Å². The molecule has 1 aliphatic heterocycles. The van der Waals surface area contributed by atoms with Crippen LogP contribution >= 0.6 is 0 Å². The van der Waals surface area contributed by atoms with E-state index in [9.17, 15) is 10.1 Å². The Morgan fingerprint density at radius 3 is 2.48 bits per heavy atom. The normalized spacial score (nSPS) is 15.9. The van der Waals surface area contributed by atoms with Gasteiger partial charge in [-0.1, -0.05) is 42.0 Å². The van der Waals surface area contributed by atoms with Crippen molar-refractivity contribution < 1.29 is 4.79 Å². The maximum absolute atomic E-state index is 12.2. The summed E-state index contributed by atoms with van der Waals surface area (Å²) in [6.45, 7) is 2.03. The molecular weight excluding hydrogens is 358 g/mol. The Morgan fingerprint density at radius 1 is 1.03 bits per heavy atom. The zero-order valence-corrected chi connectivity index (χ0v) is 16.0. The number of hydrogen-bond acceptors (Lipinski definition) is 4. The van der Waals surface area contributed by atoms with Crippen LogP contribution < -0.4 is 4.90 Å². The maximum atomic E-state index is 12.2. The highest BCUT2D eigenvalue weighted by atomic mass is 16.1. The van der Waals surface area contributed by atoms with Gasteiger partial charge in [-0.05, 0) is 54.5 Å². The van der Waals surface area contributed by atoms with Gasteiger partial charge in [0.05, 0.1) is 17.3 Å². The van der Waals surface area contributed by atoms with Gasteiger partial charge in [-0.25, -0.2) is 0 Å². The first-order valence-corrected chi connectivity index (χ1v) is 9.36. The van der Waals surface area contributed by atoms with Crippen molar-refractivity contribution >= 4 is 23.1 Å². The van der Waals surface area contributed by atoms with E-state index in [-0.39, 0.29) is 0 Å². The second kappa shape index (κ2) is 7.95. The first-order valence-electron chi connectivity index (χ1n) is 9.36. The van der Waals surface area contributed by atoms with Gasteiger partial charge in [0.2, 0.25) is 0 Å². The van der Waals surface area contributed by atoms with Gasteiger partial charge < -0.3 is 9.69 Å². The third-order valence-corrected chi connectivity index (χ3v) is 4.99. The molecule has 0 N–H and O–H groups in total. The molecule has 0 aliphatic carbocycles. The smallest absolute Gasteiger partial charge is 0.147 e. The monoisotopic (exact) mass is 377 g/mol. The summed E-state index contributed by atoms with van der Waals surface area (Å²) in [6, 6.07) is 22.8. The molecule has 4 heteroatoms. The molecular formula is C25H19N3O. The summed E-state index contributed by atoms with van der Waals surface area (Å²) in [5.41, 5.74) is 5.81. The molecule has 0 saturated carbocycles. The number of nitrogens with zero attached hydrogens (tertiary/aromatic N) is 3. The van der Waals surface area contributed by atoms with Gasteiger partial charge in [0.25, 0.3) is 0 Å². The lowest BCUT2D eigenvalue weighted by Crippen LogP contribution is -2.35. The lowest BCUT2D eigenvalue weighted by molar-refractivity contribution is -0.107. The minimum absolute atomic E-state index is 0.539. The Labute approximate surface area is 170 Å². The van der Waals surface area contributed by atoms with Crippen LogP contribution in [0.1, 0.15) is 22.4 Å². The maximum Gasteiger partial charge on any atom is 0.147 e. The van der Waals surface area contributed by atoms with Gasteiger partial charge in [-0.15, -0.1) is 0 Å². The molecule has 0 radical (unpaired) electrons. The predicted octanol–water partition coefficient (Wildman–Crippen LogP) is 4.77. The van der Waals surface area contributed by atoms with E-state index in [0.29, 0.717) is 5.56 Å². The molecule has 1 aliphatic rings. The molecule has 4 rings (SSSR count). The predicted molar refractivity (Wildman–Crippen MR) is 115 cm³/mol. The van der Waals surface area contributed by atoms with Gasteiger partial charge in [0, 0.05) is 23.7 Å². The highest BCUT2D eigenvalue weighted by molar-refractivity contribution is 5.99. The number of allylic oxidation sites excluding steroid dienone is 2. The molecule has 1 aromatic heterocycles. The molecule has 0 amide bonds. The van der Waals surface area contributed by atoms with Crippen molar-refractivity contribution in [1.82, 2.24) is 4.98 Å². The molecule has 1 atom stereocenters. The number of hydrogen-bond donors (Lipinski definition) is 0. The Balaban J connectivity index is 1.92. The van der Waals surface area contributed by atoms with Crippen LogP contribution in [0.2, 0.25) is 0 Å². The molecule has 2 aromatic carbocycles. The van der Waals surface area contributed by atoms with Crippen LogP contribution in [0.4, 0.5) is 5.69 Å². The Hall–Kier alpha value is -3.97. The molecule has 4 nitrogen and oxygen atoms in total. The number of aldehydes is 1. The average molecular weight is 377 g/mol. The van der Waals surface area contributed by atoms with Crippen molar-refractivity contribution in [3.8, 4) is 6.07 Å². The molecule has 3 aromatic rings. The molecule has 2 heterocycles. The number of rotatable bonds is 4. The number of carbonyl (C=O) groups excluding carboxylic acids is 1. The zero-order chi connectivity index (χ0) is 20.2. The topological polar surface area (TPSA) is 57.0 Å². The fourth-order valence-corrected chi connectivity index (χ4v) is 3.50. The number of anilines is 1. The van der Waals surface area contributed by atoms with Gasteiger partial charge in [-0.2, -0.15) is 5.26 Å². The minimum atomic E-state index is -0.542. The quantitative estimate of drug-likeness (QED) is 0.614. The second-order valence-electron chi connectivity index (χ2n) is 6.88. The van der Waals surface area contributed by atoms with Gasteiger partial charge in [0.15, 0.2) is 0 Å². The third kappa shape index (κ3) is 3.59. The summed E-state index contributed by atoms with van der Waals surface area (Å²) in [6.07, 6.45) is 6.58. The minimum Gasteiger partial charge on any atom is -0.333 e. The van der Waals surface area contributed by atoms with Crippen molar-refractivity contribution in [3.05, 3.63) is 108 Å². The number of benzene rings is 2. The van der Waals surface area contributed by atoms with Crippen molar-refractivity contribution in [2.45, 2.75) is 13.0 Å². The Kier molecular flexibility index (Phi) is 5.05. The highest BCUT2D eigenvalue weighted by Gasteiger charge is 2.28. The molecule has 0 spiro atoms. The summed E-state index contributed by atoms with van der Waals surface area (Å²) in [5, 5.41) is 9.60. The zero-order valence-electron chi connectivity index (χ0n) is 16.0.